The van der Waals surface area contributed by atoms with Crippen LogP contribution in [0.2, 0.25) is 0 Å². The highest BCUT2D eigenvalue weighted by atomic mass is 15.2. The Morgan fingerprint density at radius 3 is 2.60 bits per heavy atom. The van der Waals surface area contributed by atoms with Gasteiger partial charge < -0.3 is 16.0 Å². The predicted molar refractivity (Wildman–Crippen MR) is 65.1 cm³/mol. The van der Waals surface area contributed by atoms with Gasteiger partial charge in [0.05, 0.1) is 0 Å². The molecule has 1 aliphatic rings. The summed E-state index contributed by atoms with van der Waals surface area (Å²) < 4.78 is 0. The molecule has 1 saturated heterocycles. The molecule has 1 fully saturated rings. The molecule has 1 heterocycles. The fourth-order valence-corrected chi connectivity index (χ4v) is 2.05. The number of benzene rings is 1. The first-order valence-corrected chi connectivity index (χ1v) is 5.52. The second-order valence-electron chi connectivity index (χ2n) is 4.40. The van der Waals surface area contributed by atoms with Gasteiger partial charge >= 0.3 is 0 Å². The smallest absolute Gasteiger partial charge is 0.0387 e. The van der Waals surface area contributed by atoms with E-state index in [0.717, 1.165) is 18.8 Å². The zero-order chi connectivity index (χ0) is 10.8. The summed E-state index contributed by atoms with van der Waals surface area (Å²) in [5.41, 5.74) is 7.78. The van der Waals surface area contributed by atoms with E-state index in [1.54, 1.807) is 0 Å². The predicted octanol–water partition coefficient (Wildman–Crippen LogP) is 1.46. The van der Waals surface area contributed by atoms with E-state index in [9.17, 15) is 0 Å². The second kappa shape index (κ2) is 4.11. The fraction of sp³-hybridized carbons (Fsp3) is 0.500. The summed E-state index contributed by atoms with van der Waals surface area (Å²) in [5, 5.41) is 3.48. The molecule has 3 nitrogen and oxygen atoms in total. The summed E-state index contributed by atoms with van der Waals surface area (Å²) in [5.74, 6) is 0. The zero-order valence-corrected chi connectivity index (χ0v) is 9.40. The monoisotopic (exact) mass is 205 g/mol. The number of piperazine rings is 1. The van der Waals surface area contributed by atoms with Crippen molar-refractivity contribution in [3.63, 3.8) is 0 Å². The summed E-state index contributed by atoms with van der Waals surface area (Å²) >= 11 is 0. The molecule has 0 saturated carbocycles. The number of nitrogens with zero attached hydrogens (tertiary/aromatic N) is 1. The van der Waals surface area contributed by atoms with Crippen molar-refractivity contribution in [3.8, 4) is 0 Å². The Balaban J connectivity index is 2.17. The van der Waals surface area contributed by atoms with E-state index in [1.807, 2.05) is 12.1 Å². The van der Waals surface area contributed by atoms with Crippen molar-refractivity contribution in [2.45, 2.75) is 25.9 Å². The Bertz CT molecular complexity index is 320. The third-order valence-corrected chi connectivity index (χ3v) is 2.99. The zero-order valence-electron chi connectivity index (χ0n) is 9.40. The summed E-state index contributed by atoms with van der Waals surface area (Å²) in [6.07, 6.45) is 0. The summed E-state index contributed by atoms with van der Waals surface area (Å²) in [6.45, 7) is 6.57. The number of anilines is 2. The molecule has 0 radical (unpaired) electrons. The molecular weight excluding hydrogens is 186 g/mol. The number of rotatable bonds is 1. The number of hydrogen-bond donors (Lipinski definition) is 2. The quantitative estimate of drug-likeness (QED) is 0.682. The maximum Gasteiger partial charge on any atom is 0.0387 e. The molecule has 2 atom stereocenters. The maximum atomic E-state index is 5.69. The fourth-order valence-electron chi connectivity index (χ4n) is 2.05. The molecular formula is C12H19N3. The van der Waals surface area contributed by atoms with E-state index in [-0.39, 0.29) is 0 Å². The molecule has 0 aromatic heterocycles. The van der Waals surface area contributed by atoms with E-state index < -0.39 is 0 Å². The summed E-state index contributed by atoms with van der Waals surface area (Å²) in [4.78, 5) is 2.43. The molecule has 1 aromatic carbocycles. The lowest BCUT2D eigenvalue weighted by atomic mass is 10.1. The average molecular weight is 205 g/mol. The molecule has 1 aromatic rings. The van der Waals surface area contributed by atoms with Crippen molar-refractivity contribution >= 4 is 11.4 Å². The SMILES string of the molecule is C[C@@H]1CN[C@@H](C)CN1c1ccc(N)cc1. The summed E-state index contributed by atoms with van der Waals surface area (Å²) in [6, 6.07) is 9.24. The number of nitrogen functional groups attached to an aromatic ring is 1. The lowest BCUT2D eigenvalue weighted by Gasteiger charge is -2.39. The van der Waals surface area contributed by atoms with Crippen molar-refractivity contribution in [1.29, 1.82) is 0 Å². The van der Waals surface area contributed by atoms with Gasteiger partial charge in [0, 0.05) is 36.5 Å². The van der Waals surface area contributed by atoms with Gasteiger partial charge in [0.25, 0.3) is 0 Å². The van der Waals surface area contributed by atoms with Gasteiger partial charge in [-0.25, -0.2) is 0 Å². The second-order valence-corrected chi connectivity index (χ2v) is 4.40. The molecule has 1 aliphatic heterocycles. The summed E-state index contributed by atoms with van der Waals surface area (Å²) in [7, 11) is 0. The molecule has 0 aliphatic carbocycles. The highest BCUT2D eigenvalue weighted by Crippen LogP contribution is 2.20. The molecule has 3 heteroatoms. The van der Waals surface area contributed by atoms with Crippen LogP contribution in [0.15, 0.2) is 24.3 Å². The van der Waals surface area contributed by atoms with Crippen LogP contribution in [0.3, 0.4) is 0 Å². The van der Waals surface area contributed by atoms with E-state index in [1.165, 1.54) is 5.69 Å². The minimum absolute atomic E-state index is 0.546. The van der Waals surface area contributed by atoms with Crippen LogP contribution in [-0.4, -0.2) is 25.2 Å². The molecule has 82 valence electrons. The Morgan fingerprint density at radius 1 is 1.27 bits per heavy atom. The van der Waals surface area contributed by atoms with Crippen LogP contribution in [0.4, 0.5) is 11.4 Å². The standard InChI is InChI=1S/C12H19N3/c1-9-8-15(10(2)7-14-9)12-5-3-11(13)4-6-12/h3-6,9-10,14H,7-8,13H2,1-2H3/t9-,10+/m0/s1. The third kappa shape index (κ3) is 2.23. The molecule has 3 N–H and O–H groups in total. The molecule has 15 heavy (non-hydrogen) atoms. The minimum Gasteiger partial charge on any atom is -0.399 e. The molecule has 0 spiro atoms. The van der Waals surface area contributed by atoms with Gasteiger partial charge in [0.1, 0.15) is 0 Å². The minimum atomic E-state index is 0.546. The number of nitrogens with one attached hydrogen (secondary N) is 1. The Labute approximate surface area is 91.3 Å². The van der Waals surface area contributed by atoms with Gasteiger partial charge in [-0.2, -0.15) is 0 Å². The largest absolute Gasteiger partial charge is 0.399 e. The lowest BCUT2D eigenvalue weighted by Crippen LogP contribution is -2.54. The highest BCUT2D eigenvalue weighted by molar-refractivity contribution is 5.54. The van der Waals surface area contributed by atoms with Crippen molar-refractivity contribution in [2.75, 3.05) is 23.7 Å². The van der Waals surface area contributed by atoms with Crippen LogP contribution in [-0.2, 0) is 0 Å². The van der Waals surface area contributed by atoms with Gasteiger partial charge in [-0.3, -0.25) is 0 Å². The molecule has 0 unspecified atom stereocenters. The van der Waals surface area contributed by atoms with Crippen LogP contribution >= 0.6 is 0 Å². The molecule has 0 bridgehead atoms. The topological polar surface area (TPSA) is 41.3 Å². The van der Waals surface area contributed by atoms with E-state index in [0.29, 0.717) is 12.1 Å². The Hall–Kier alpha value is -1.22. The van der Waals surface area contributed by atoms with Crippen LogP contribution in [0.25, 0.3) is 0 Å². The van der Waals surface area contributed by atoms with Gasteiger partial charge in [-0.05, 0) is 38.1 Å². The Morgan fingerprint density at radius 2 is 1.93 bits per heavy atom. The van der Waals surface area contributed by atoms with Gasteiger partial charge in [-0.1, -0.05) is 0 Å². The highest BCUT2D eigenvalue weighted by Gasteiger charge is 2.22. The average Bonchev–Trinajstić information content (AvgIpc) is 2.23. The van der Waals surface area contributed by atoms with Crippen LogP contribution < -0.4 is 16.0 Å². The lowest BCUT2D eigenvalue weighted by molar-refractivity contribution is 0.425. The molecule has 0 amide bonds. The van der Waals surface area contributed by atoms with Crippen LogP contribution in [0.1, 0.15) is 13.8 Å². The van der Waals surface area contributed by atoms with Crippen molar-refractivity contribution in [2.24, 2.45) is 0 Å². The number of hydrogen-bond acceptors (Lipinski definition) is 3. The normalized spacial score (nSPS) is 26.7. The molecule has 2 rings (SSSR count). The number of nitrogens with two attached hydrogens (primary N) is 1. The van der Waals surface area contributed by atoms with Crippen LogP contribution in [0, 0.1) is 0 Å². The first-order chi connectivity index (χ1) is 7.16. The van der Waals surface area contributed by atoms with E-state index >= 15 is 0 Å². The Kier molecular flexibility index (Phi) is 2.82. The van der Waals surface area contributed by atoms with E-state index in [2.05, 4.69) is 36.2 Å². The van der Waals surface area contributed by atoms with E-state index in [4.69, 9.17) is 5.73 Å². The third-order valence-electron chi connectivity index (χ3n) is 2.99. The van der Waals surface area contributed by atoms with Gasteiger partial charge in [0.2, 0.25) is 0 Å². The van der Waals surface area contributed by atoms with Crippen molar-refractivity contribution < 1.29 is 0 Å². The maximum absolute atomic E-state index is 5.69. The van der Waals surface area contributed by atoms with Gasteiger partial charge in [-0.15, -0.1) is 0 Å². The van der Waals surface area contributed by atoms with Gasteiger partial charge in [0.15, 0.2) is 0 Å². The van der Waals surface area contributed by atoms with Crippen LogP contribution in [0.5, 0.6) is 0 Å². The first-order valence-electron chi connectivity index (χ1n) is 5.52. The van der Waals surface area contributed by atoms with Crippen molar-refractivity contribution in [3.05, 3.63) is 24.3 Å². The first kappa shape index (κ1) is 10.3. The van der Waals surface area contributed by atoms with Crippen molar-refractivity contribution in [1.82, 2.24) is 5.32 Å².